The van der Waals surface area contributed by atoms with E-state index in [1.807, 2.05) is 18.2 Å². The molecule has 34 heavy (non-hydrogen) atoms. The summed E-state index contributed by atoms with van der Waals surface area (Å²) in [4.78, 5) is 25.4. The number of nitrogens with one attached hydrogen (secondary N) is 2. The van der Waals surface area contributed by atoms with E-state index in [2.05, 4.69) is 25.6 Å². The third kappa shape index (κ3) is 4.40. The fourth-order valence-electron chi connectivity index (χ4n) is 3.87. The SMILES string of the molecule is COc1cc2ncnc(Oc3ccc(CC(=O)Nc4ccc5c(c4)NCC5)nc3)c2cc1OC. The van der Waals surface area contributed by atoms with Crippen molar-refractivity contribution >= 4 is 28.2 Å². The highest BCUT2D eigenvalue weighted by Gasteiger charge is 2.14. The van der Waals surface area contributed by atoms with Gasteiger partial charge in [-0.1, -0.05) is 6.07 Å². The van der Waals surface area contributed by atoms with Crippen molar-refractivity contribution in [2.75, 3.05) is 31.4 Å². The number of rotatable bonds is 7. The predicted octanol–water partition coefficient (Wildman–Crippen LogP) is 3.98. The number of carbonyl (C=O) groups excluding carboxylic acids is 1. The average molecular weight is 457 g/mol. The van der Waals surface area contributed by atoms with E-state index in [-0.39, 0.29) is 12.3 Å². The Hall–Kier alpha value is -4.40. The summed E-state index contributed by atoms with van der Waals surface area (Å²) in [5.74, 6) is 1.84. The molecule has 0 spiro atoms. The first-order valence-electron chi connectivity index (χ1n) is 10.8. The van der Waals surface area contributed by atoms with Crippen molar-refractivity contribution in [2.45, 2.75) is 12.8 Å². The van der Waals surface area contributed by atoms with E-state index in [0.29, 0.717) is 39.7 Å². The van der Waals surface area contributed by atoms with Crippen LogP contribution in [0.3, 0.4) is 0 Å². The van der Waals surface area contributed by atoms with Crippen LogP contribution in [-0.2, 0) is 17.6 Å². The number of amides is 1. The van der Waals surface area contributed by atoms with Crippen LogP contribution in [0.25, 0.3) is 10.9 Å². The van der Waals surface area contributed by atoms with Crippen molar-refractivity contribution in [2.24, 2.45) is 0 Å². The molecule has 0 unspecified atom stereocenters. The molecular formula is C25H23N5O4. The van der Waals surface area contributed by atoms with E-state index in [0.717, 1.165) is 24.3 Å². The lowest BCUT2D eigenvalue weighted by Crippen LogP contribution is -2.15. The van der Waals surface area contributed by atoms with Crippen molar-refractivity contribution in [1.29, 1.82) is 0 Å². The van der Waals surface area contributed by atoms with Crippen molar-refractivity contribution in [3.63, 3.8) is 0 Å². The number of methoxy groups -OCH3 is 2. The van der Waals surface area contributed by atoms with Gasteiger partial charge in [-0.15, -0.1) is 0 Å². The minimum absolute atomic E-state index is 0.137. The van der Waals surface area contributed by atoms with E-state index >= 15 is 0 Å². The fraction of sp³-hybridized carbons (Fsp3) is 0.200. The Bertz CT molecular complexity index is 1360. The van der Waals surface area contributed by atoms with Gasteiger partial charge in [0.05, 0.1) is 37.7 Å². The van der Waals surface area contributed by atoms with Crippen molar-refractivity contribution in [3.05, 3.63) is 66.2 Å². The van der Waals surface area contributed by atoms with Gasteiger partial charge in [-0.25, -0.2) is 9.97 Å². The summed E-state index contributed by atoms with van der Waals surface area (Å²) in [7, 11) is 3.13. The molecule has 5 rings (SSSR count). The Balaban J connectivity index is 1.27. The van der Waals surface area contributed by atoms with Crippen molar-refractivity contribution < 1.29 is 19.0 Å². The van der Waals surface area contributed by atoms with Crippen LogP contribution in [0.1, 0.15) is 11.3 Å². The molecule has 0 saturated carbocycles. The van der Waals surface area contributed by atoms with Gasteiger partial charge in [0.25, 0.3) is 0 Å². The summed E-state index contributed by atoms with van der Waals surface area (Å²) in [6, 6.07) is 13.0. The molecule has 2 aromatic heterocycles. The zero-order chi connectivity index (χ0) is 23.5. The standard InChI is InChI=1S/C25H23N5O4/c1-32-22-11-19-21(12-23(22)33-2)28-14-29-25(19)34-18-6-5-16(27-13-18)10-24(31)30-17-4-3-15-7-8-26-20(15)9-17/h3-6,9,11-14,26H,7-8,10H2,1-2H3,(H,30,31). The number of benzene rings is 2. The molecule has 4 aromatic rings. The lowest BCUT2D eigenvalue weighted by atomic mass is 10.1. The second kappa shape index (κ2) is 9.22. The largest absolute Gasteiger partial charge is 0.493 e. The number of pyridine rings is 1. The second-order valence-corrected chi connectivity index (χ2v) is 7.76. The number of nitrogens with zero attached hydrogens (tertiary/aromatic N) is 3. The third-order valence-corrected chi connectivity index (χ3v) is 5.56. The van der Waals surface area contributed by atoms with Crippen LogP contribution < -0.4 is 24.8 Å². The van der Waals surface area contributed by atoms with E-state index in [1.165, 1.54) is 11.9 Å². The van der Waals surface area contributed by atoms with Gasteiger partial charge in [0, 0.05) is 29.7 Å². The Morgan fingerprint density at radius 3 is 2.68 bits per heavy atom. The number of aromatic nitrogens is 3. The lowest BCUT2D eigenvalue weighted by Gasteiger charge is -2.11. The zero-order valence-corrected chi connectivity index (χ0v) is 18.8. The van der Waals surface area contributed by atoms with Gasteiger partial charge >= 0.3 is 0 Å². The van der Waals surface area contributed by atoms with Gasteiger partial charge in [0.2, 0.25) is 11.8 Å². The summed E-state index contributed by atoms with van der Waals surface area (Å²) < 4.78 is 16.7. The van der Waals surface area contributed by atoms with Crippen molar-refractivity contribution in [1.82, 2.24) is 15.0 Å². The molecule has 1 aliphatic rings. The third-order valence-electron chi connectivity index (χ3n) is 5.56. The summed E-state index contributed by atoms with van der Waals surface area (Å²) in [6.45, 7) is 0.928. The molecule has 2 aromatic carbocycles. The molecule has 0 atom stereocenters. The van der Waals surface area contributed by atoms with Crippen LogP contribution in [-0.4, -0.2) is 41.6 Å². The van der Waals surface area contributed by atoms with Crippen LogP contribution in [0.15, 0.2) is 55.0 Å². The first-order chi connectivity index (χ1) is 16.6. The normalized spacial score (nSPS) is 12.1. The van der Waals surface area contributed by atoms with Gasteiger partial charge in [-0.2, -0.15) is 0 Å². The molecule has 0 bridgehead atoms. The molecule has 9 nitrogen and oxygen atoms in total. The zero-order valence-electron chi connectivity index (χ0n) is 18.8. The van der Waals surface area contributed by atoms with Crippen LogP contribution in [0.2, 0.25) is 0 Å². The second-order valence-electron chi connectivity index (χ2n) is 7.76. The lowest BCUT2D eigenvalue weighted by molar-refractivity contribution is -0.115. The number of hydrogen-bond donors (Lipinski definition) is 2. The molecule has 9 heteroatoms. The number of ether oxygens (including phenoxy) is 3. The van der Waals surface area contributed by atoms with Gasteiger partial charge in [-0.3, -0.25) is 9.78 Å². The monoisotopic (exact) mass is 457 g/mol. The van der Waals surface area contributed by atoms with E-state index in [9.17, 15) is 4.79 Å². The van der Waals surface area contributed by atoms with Crippen LogP contribution in [0, 0.1) is 0 Å². The van der Waals surface area contributed by atoms with Gasteiger partial charge < -0.3 is 24.8 Å². The number of fused-ring (bicyclic) bond motifs is 2. The summed E-state index contributed by atoms with van der Waals surface area (Å²) in [6.07, 6.45) is 4.15. The van der Waals surface area contributed by atoms with E-state index in [4.69, 9.17) is 14.2 Å². The quantitative estimate of drug-likeness (QED) is 0.429. The number of anilines is 2. The molecule has 1 aliphatic heterocycles. The molecule has 172 valence electrons. The molecule has 0 radical (unpaired) electrons. The minimum atomic E-state index is -0.137. The molecule has 1 amide bonds. The smallest absolute Gasteiger partial charge is 0.230 e. The molecule has 2 N–H and O–H groups in total. The summed E-state index contributed by atoms with van der Waals surface area (Å²) >= 11 is 0. The Kier molecular flexibility index (Phi) is 5.82. The summed E-state index contributed by atoms with van der Waals surface area (Å²) in [5, 5.41) is 6.91. The van der Waals surface area contributed by atoms with Crippen molar-refractivity contribution in [3.8, 4) is 23.1 Å². The molecule has 0 fully saturated rings. The van der Waals surface area contributed by atoms with E-state index < -0.39 is 0 Å². The van der Waals surface area contributed by atoms with E-state index in [1.54, 1.807) is 44.7 Å². The van der Waals surface area contributed by atoms with Crippen LogP contribution >= 0.6 is 0 Å². The predicted molar refractivity (Wildman–Crippen MR) is 128 cm³/mol. The molecular weight excluding hydrogens is 434 g/mol. The Morgan fingerprint density at radius 2 is 1.88 bits per heavy atom. The first kappa shape index (κ1) is 21.4. The Labute approximate surface area is 196 Å². The minimum Gasteiger partial charge on any atom is -0.493 e. The first-order valence-corrected chi connectivity index (χ1v) is 10.8. The molecule has 0 saturated heterocycles. The maximum Gasteiger partial charge on any atom is 0.230 e. The van der Waals surface area contributed by atoms with Crippen LogP contribution in [0.5, 0.6) is 23.1 Å². The van der Waals surface area contributed by atoms with Gasteiger partial charge in [0.1, 0.15) is 12.1 Å². The maximum absolute atomic E-state index is 12.5. The number of hydrogen-bond acceptors (Lipinski definition) is 8. The highest BCUT2D eigenvalue weighted by atomic mass is 16.5. The highest BCUT2D eigenvalue weighted by Crippen LogP contribution is 2.35. The topological polar surface area (TPSA) is 107 Å². The summed E-state index contributed by atoms with van der Waals surface area (Å²) in [5.41, 5.74) is 4.39. The highest BCUT2D eigenvalue weighted by molar-refractivity contribution is 5.92. The molecule has 0 aliphatic carbocycles. The van der Waals surface area contributed by atoms with Gasteiger partial charge in [0.15, 0.2) is 11.5 Å². The maximum atomic E-state index is 12.5. The molecule has 3 heterocycles. The fourth-order valence-corrected chi connectivity index (χ4v) is 3.87. The van der Waals surface area contributed by atoms with Gasteiger partial charge in [-0.05, 0) is 42.3 Å². The van der Waals surface area contributed by atoms with Crippen LogP contribution in [0.4, 0.5) is 11.4 Å². The average Bonchev–Trinajstić information content (AvgIpc) is 3.32. The number of carbonyl (C=O) groups is 1. The Morgan fingerprint density at radius 1 is 1.03 bits per heavy atom.